The van der Waals surface area contributed by atoms with E-state index in [1.807, 2.05) is 18.2 Å². The highest BCUT2D eigenvalue weighted by Crippen LogP contribution is 2.25. The van der Waals surface area contributed by atoms with Gasteiger partial charge >= 0.3 is 0 Å². The first-order chi connectivity index (χ1) is 18.6. The molecule has 9 nitrogen and oxygen atoms in total. The molecule has 0 radical (unpaired) electrons. The number of thioether (sulfide) groups is 1. The Morgan fingerprint density at radius 1 is 1.08 bits per heavy atom. The Balaban J connectivity index is 1.32. The Labute approximate surface area is 228 Å². The number of nitrogens with one attached hydrogen (secondary N) is 1. The third-order valence-electron chi connectivity index (χ3n) is 6.03. The molecular weight excluding hydrogens is 502 g/mol. The van der Waals surface area contributed by atoms with Crippen molar-refractivity contribution >= 4 is 29.6 Å². The minimum Gasteiger partial charge on any atom is -0.455 e. The Morgan fingerprint density at radius 2 is 1.89 bits per heavy atom. The third-order valence-corrected chi connectivity index (χ3v) is 6.90. The minimum absolute atomic E-state index is 0.256. The van der Waals surface area contributed by atoms with E-state index >= 15 is 0 Å². The van der Waals surface area contributed by atoms with Gasteiger partial charge in [0.15, 0.2) is 10.9 Å². The second-order valence-electron chi connectivity index (χ2n) is 8.84. The number of rotatable bonds is 13. The molecule has 0 unspecified atom stereocenters. The van der Waals surface area contributed by atoms with Crippen LogP contribution in [-0.2, 0) is 21.8 Å². The van der Waals surface area contributed by atoms with Crippen LogP contribution >= 0.6 is 11.8 Å². The number of carbonyl (C=O) groups excluding carboxylic acids is 1. The number of amides is 1. The fraction of sp³-hybridized carbons (Fsp3) is 0.393. The molecule has 4 rings (SSSR count). The highest BCUT2D eigenvalue weighted by molar-refractivity contribution is 7.98. The summed E-state index contributed by atoms with van der Waals surface area (Å²) in [6, 6.07) is 15.9. The zero-order chi connectivity index (χ0) is 26.6. The van der Waals surface area contributed by atoms with Gasteiger partial charge in [0.1, 0.15) is 11.6 Å². The monoisotopic (exact) mass is 537 g/mol. The topological polar surface area (TPSA) is 93.0 Å². The van der Waals surface area contributed by atoms with Crippen LogP contribution in [0.2, 0.25) is 0 Å². The Morgan fingerprint density at radius 3 is 2.66 bits per heavy atom. The van der Waals surface area contributed by atoms with E-state index in [4.69, 9.17) is 18.9 Å². The van der Waals surface area contributed by atoms with Gasteiger partial charge in [-0.3, -0.25) is 9.69 Å². The largest absolute Gasteiger partial charge is 0.455 e. The number of piperazine rings is 1. The standard InChI is InChI=1S/C28H35N5O4S/c1-35-18-12-29-27(34)25-11-10-24(37-25)21-38-28-30-23(20-36-2)19-26(31-28)33-16-14-32(15-17-33)13-6-9-22-7-4-3-5-8-22/h3-11,19H,12-18,20-21H2,1-2H3,(H,29,34)/b9-6+. The number of furan rings is 1. The van der Waals surface area contributed by atoms with Crippen LogP contribution in [0.1, 0.15) is 27.6 Å². The van der Waals surface area contributed by atoms with E-state index in [0.717, 1.165) is 44.2 Å². The van der Waals surface area contributed by atoms with Gasteiger partial charge in [-0.15, -0.1) is 0 Å². The molecular formula is C28H35N5O4S. The van der Waals surface area contributed by atoms with Crippen molar-refractivity contribution in [3.63, 3.8) is 0 Å². The van der Waals surface area contributed by atoms with Crippen molar-refractivity contribution in [2.24, 2.45) is 0 Å². The highest BCUT2D eigenvalue weighted by Gasteiger charge is 2.19. The van der Waals surface area contributed by atoms with Crippen LogP contribution in [0.5, 0.6) is 0 Å². The van der Waals surface area contributed by atoms with Crippen molar-refractivity contribution in [2.45, 2.75) is 17.5 Å². The SMILES string of the molecule is COCCNC(=O)c1ccc(CSc2nc(COC)cc(N3CCN(C/C=C/c4ccccc4)CC3)n2)o1. The summed E-state index contributed by atoms with van der Waals surface area (Å²) in [7, 11) is 3.26. The van der Waals surface area contributed by atoms with Gasteiger partial charge in [-0.1, -0.05) is 54.2 Å². The summed E-state index contributed by atoms with van der Waals surface area (Å²) in [5.41, 5.74) is 2.06. The maximum absolute atomic E-state index is 12.2. The fourth-order valence-corrected chi connectivity index (χ4v) is 4.80. The summed E-state index contributed by atoms with van der Waals surface area (Å²) in [5.74, 6) is 2.14. The molecule has 3 aromatic rings. The maximum atomic E-state index is 12.2. The van der Waals surface area contributed by atoms with Gasteiger partial charge in [0.05, 0.1) is 24.7 Å². The molecule has 1 fully saturated rings. The number of carbonyl (C=O) groups is 1. The molecule has 1 saturated heterocycles. The zero-order valence-corrected chi connectivity index (χ0v) is 22.8. The molecule has 1 aliphatic rings. The van der Waals surface area contributed by atoms with Gasteiger partial charge < -0.3 is 24.1 Å². The second kappa shape index (κ2) is 14.7. The Kier molecular flexibility index (Phi) is 10.8. The summed E-state index contributed by atoms with van der Waals surface area (Å²) >= 11 is 1.48. The number of hydrogen-bond donors (Lipinski definition) is 1. The number of ether oxygens (including phenoxy) is 2. The lowest BCUT2D eigenvalue weighted by atomic mass is 10.2. The number of aromatic nitrogens is 2. The first-order valence-electron chi connectivity index (χ1n) is 12.7. The minimum atomic E-state index is -0.256. The lowest BCUT2D eigenvalue weighted by molar-refractivity contribution is 0.0908. The molecule has 1 N–H and O–H groups in total. The average Bonchev–Trinajstić information content (AvgIpc) is 3.42. The Bertz CT molecular complexity index is 1180. The van der Waals surface area contributed by atoms with E-state index in [1.54, 1.807) is 20.3 Å². The number of hydrogen-bond acceptors (Lipinski definition) is 9. The maximum Gasteiger partial charge on any atom is 0.287 e. The molecule has 3 heterocycles. The van der Waals surface area contributed by atoms with Crippen molar-refractivity contribution in [1.82, 2.24) is 20.2 Å². The summed E-state index contributed by atoms with van der Waals surface area (Å²) in [6.07, 6.45) is 4.40. The Hall–Kier alpha value is -3.18. The van der Waals surface area contributed by atoms with Crippen LogP contribution in [0.25, 0.3) is 6.08 Å². The molecule has 0 bridgehead atoms. The summed E-state index contributed by atoms with van der Waals surface area (Å²) in [4.78, 5) is 26.4. The van der Waals surface area contributed by atoms with Crippen molar-refractivity contribution < 1.29 is 18.7 Å². The van der Waals surface area contributed by atoms with E-state index < -0.39 is 0 Å². The quantitative estimate of drug-likeness (QED) is 0.199. The molecule has 0 spiro atoms. The molecule has 1 aromatic carbocycles. The first-order valence-corrected chi connectivity index (χ1v) is 13.7. The van der Waals surface area contributed by atoms with E-state index in [0.29, 0.717) is 36.4 Å². The van der Waals surface area contributed by atoms with Gasteiger partial charge in [-0.05, 0) is 17.7 Å². The molecule has 38 heavy (non-hydrogen) atoms. The third kappa shape index (κ3) is 8.42. The van der Waals surface area contributed by atoms with Crippen LogP contribution in [0, 0.1) is 0 Å². The van der Waals surface area contributed by atoms with Crippen LogP contribution in [-0.4, -0.2) is 80.9 Å². The highest BCUT2D eigenvalue weighted by atomic mass is 32.2. The molecule has 0 saturated carbocycles. The molecule has 1 amide bonds. The number of methoxy groups -OCH3 is 2. The molecule has 0 atom stereocenters. The number of benzene rings is 1. The predicted octanol–water partition coefficient (Wildman–Crippen LogP) is 3.72. The molecule has 10 heteroatoms. The van der Waals surface area contributed by atoms with E-state index in [9.17, 15) is 4.79 Å². The van der Waals surface area contributed by atoms with Crippen LogP contribution in [0.3, 0.4) is 0 Å². The van der Waals surface area contributed by atoms with Crippen LogP contribution in [0.15, 0.2) is 64.2 Å². The summed E-state index contributed by atoms with van der Waals surface area (Å²) < 4.78 is 16.0. The van der Waals surface area contributed by atoms with Crippen molar-refractivity contribution in [3.8, 4) is 0 Å². The molecule has 1 aliphatic heterocycles. The van der Waals surface area contributed by atoms with Gasteiger partial charge in [0, 0.05) is 59.6 Å². The predicted molar refractivity (Wildman–Crippen MR) is 149 cm³/mol. The smallest absolute Gasteiger partial charge is 0.287 e. The number of anilines is 1. The molecule has 202 valence electrons. The van der Waals surface area contributed by atoms with E-state index in [2.05, 4.69) is 56.5 Å². The van der Waals surface area contributed by atoms with Crippen molar-refractivity contribution in [1.29, 1.82) is 0 Å². The van der Waals surface area contributed by atoms with Gasteiger partial charge in [0.2, 0.25) is 0 Å². The fourth-order valence-electron chi connectivity index (χ4n) is 4.04. The lowest BCUT2D eigenvalue weighted by Gasteiger charge is -2.35. The van der Waals surface area contributed by atoms with Crippen LogP contribution < -0.4 is 10.2 Å². The molecule has 2 aromatic heterocycles. The zero-order valence-electron chi connectivity index (χ0n) is 22.0. The van der Waals surface area contributed by atoms with Crippen LogP contribution in [0.4, 0.5) is 5.82 Å². The van der Waals surface area contributed by atoms with E-state index in [1.165, 1.54) is 17.3 Å². The van der Waals surface area contributed by atoms with Crippen molar-refractivity contribution in [2.75, 3.05) is 65.0 Å². The average molecular weight is 538 g/mol. The summed E-state index contributed by atoms with van der Waals surface area (Å²) in [5, 5.41) is 3.42. The first kappa shape index (κ1) is 27.8. The van der Waals surface area contributed by atoms with Gasteiger partial charge in [-0.2, -0.15) is 0 Å². The van der Waals surface area contributed by atoms with Crippen molar-refractivity contribution in [3.05, 3.63) is 77.4 Å². The van der Waals surface area contributed by atoms with Gasteiger partial charge in [0.25, 0.3) is 5.91 Å². The normalized spacial score (nSPS) is 14.3. The molecule has 0 aliphatic carbocycles. The van der Waals surface area contributed by atoms with Gasteiger partial charge in [-0.25, -0.2) is 9.97 Å². The number of nitrogens with zero attached hydrogens (tertiary/aromatic N) is 4. The second-order valence-corrected chi connectivity index (χ2v) is 9.78. The van der Waals surface area contributed by atoms with E-state index in [-0.39, 0.29) is 11.7 Å². The summed E-state index contributed by atoms with van der Waals surface area (Å²) in [6.45, 7) is 5.95. The lowest BCUT2D eigenvalue weighted by Crippen LogP contribution is -2.46.